The first-order chi connectivity index (χ1) is 9.66. The van der Waals surface area contributed by atoms with Crippen LogP contribution in [0.3, 0.4) is 0 Å². The van der Waals surface area contributed by atoms with E-state index >= 15 is 0 Å². The first kappa shape index (κ1) is 13.5. The molecule has 0 radical (unpaired) electrons. The second-order valence-electron chi connectivity index (χ2n) is 5.16. The Labute approximate surface area is 122 Å². The van der Waals surface area contributed by atoms with Crippen LogP contribution in [0.5, 0.6) is 0 Å². The Hall–Kier alpha value is -1.45. The Kier molecular flexibility index (Phi) is 3.72. The Balaban J connectivity index is 1.83. The summed E-state index contributed by atoms with van der Waals surface area (Å²) < 4.78 is 13.8. The molecule has 1 aliphatic carbocycles. The van der Waals surface area contributed by atoms with E-state index in [4.69, 9.17) is 11.6 Å². The summed E-state index contributed by atoms with van der Waals surface area (Å²) in [5.74, 6) is -0.405. The Morgan fingerprint density at radius 1 is 1.35 bits per heavy atom. The summed E-state index contributed by atoms with van der Waals surface area (Å²) in [5.41, 5.74) is 2.50. The number of halogens is 2. The summed E-state index contributed by atoms with van der Waals surface area (Å²) in [5, 5.41) is 10.8. The molecule has 4 heteroatoms. The van der Waals surface area contributed by atoms with Crippen LogP contribution in [-0.4, -0.2) is 16.2 Å². The number of aliphatic hydroxyl groups is 1. The van der Waals surface area contributed by atoms with Gasteiger partial charge < -0.3 is 5.11 Å². The molecule has 2 unspecified atom stereocenters. The van der Waals surface area contributed by atoms with Gasteiger partial charge in [0.2, 0.25) is 0 Å². The molecule has 0 saturated heterocycles. The van der Waals surface area contributed by atoms with Gasteiger partial charge >= 0.3 is 0 Å². The molecule has 1 aromatic carbocycles. The number of aryl methyl sites for hydroxylation is 1. The molecule has 0 amide bonds. The third-order valence-corrected chi connectivity index (χ3v) is 4.30. The van der Waals surface area contributed by atoms with Crippen molar-refractivity contribution < 1.29 is 9.50 Å². The van der Waals surface area contributed by atoms with E-state index in [1.165, 1.54) is 11.6 Å². The van der Waals surface area contributed by atoms with Crippen LogP contribution >= 0.6 is 11.6 Å². The summed E-state index contributed by atoms with van der Waals surface area (Å²) in [7, 11) is 0. The van der Waals surface area contributed by atoms with Crippen molar-refractivity contribution in [2.24, 2.45) is 0 Å². The predicted molar refractivity (Wildman–Crippen MR) is 76.4 cm³/mol. The lowest BCUT2D eigenvalue weighted by atomic mass is 9.93. The van der Waals surface area contributed by atoms with Gasteiger partial charge in [-0.3, -0.25) is 4.98 Å². The normalized spacial score (nSPS) is 18.9. The predicted octanol–water partition coefficient (Wildman–Crippen LogP) is 3.51. The van der Waals surface area contributed by atoms with E-state index in [-0.39, 0.29) is 18.2 Å². The molecule has 0 fully saturated rings. The summed E-state index contributed by atoms with van der Waals surface area (Å²) in [6, 6.07) is 8.52. The van der Waals surface area contributed by atoms with Gasteiger partial charge in [-0.25, -0.2) is 4.39 Å². The highest BCUT2D eigenvalue weighted by Crippen LogP contribution is 2.35. The Bertz CT molecular complexity index is 611. The van der Waals surface area contributed by atoms with Gasteiger partial charge in [0.1, 0.15) is 5.82 Å². The Morgan fingerprint density at radius 2 is 2.20 bits per heavy atom. The standard InChI is InChI=1S/C16H15ClFNO/c17-13-4-1-5-14(18)12(13)9-15(20)11-7-6-10-3-2-8-19-16(10)11/h1-5,8,11,15,20H,6-7,9H2. The van der Waals surface area contributed by atoms with Gasteiger partial charge in [0.25, 0.3) is 0 Å². The first-order valence-electron chi connectivity index (χ1n) is 6.71. The number of aromatic nitrogens is 1. The molecule has 2 nitrogen and oxygen atoms in total. The molecule has 2 aromatic rings. The lowest BCUT2D eigenvalue weighted by molar-refractivity contribution is 0.140. The SMILES string of the molecule is OC(Cc1c(F)cccc1Cl)C1CCc2cccnc21. The minimum Gasteiger partial charge on any atom is -0.392 e. The third-order valence-electron chi connectivity index (χ3n) is 3.94. The van der Waals surface area contributed by atoms with Crippen molar-refractivity contribution >= 4 is 11.6 Å². The highest BCUT2D eigenvalue weighted by molar-refractivity contribution is 6.31. The van der Waals surface area contributed by atoms with E-state index in [1.54, 1.807) is 18.3 Å². The van der Waals surface area contributed by atoms with Gasteiger partial charge in [-0.15, -0.1) is 0 Å². The van der Waals surface area contributed by atoms with Gasteiger partial charge in [0.05, 0.1) is 6.10 Å². The second kappa shape index (κ2) is 5.51. The molecule has 1 heterocycles. The van der Waals surface area contributed by atoms with Crippen LogP contribution < -0.4 is 0 Å². The summed E-state index contributed by atoms with van der Waals surface area (Å²) in [6.07, 6.45) is 3.04. The number of nitrogens with zero attached hydrogens (tertiary/aromatic N) is 1. The molecule has 1 aromatic heterocycles. The smallest absolute Gasteiger partial charge is 0.127 e. The summed E-state index contributed by atoms with van der Waals surface area (Å²) in [6.45, 7) is 0. The van der Waals surface area contributed by atoms with E-state index in [1.807, 2.05) is 12.1 Å². The third kappa shape index (κ3) is 2.43. The monoisotopic (exact) mass is 291 g/mol. The fourth-order valence-electron chi connectivity index (χ4n) is 2.90. The van der Waals surface area contributed by atoms with Crippen molar-refractivity contribution in [3.63, 3.8) is 0 Å². The molecule has 1 aliphatic rings. The van der Waals surface area contributed by atoms with E-state index < -0.39 is 6.10 Å². The van der Waals surface area contributed by atoms with Crippen LogP contribution in [-0.2, 0) is 12.8 Å². The zero-order chi connectivity index (χ0) is 14.1. The van der Waals surface area contributed by atoms with Gasteiger partial charge in [-0.1, -0.05) is 23.7 Å². The number of aliphatic hydroxyl groups excluding tert-OH is 1. The largest absolute Gasteiger partial charge is 0.392 e. The molecule has 2 atom stereocenters. The molecular formula is C16H15ClFNO. The first-order valence-corrected chi connectivity index (χ1v) is 7.09. The second-order valence-corrected chi connectivity index (χ2v) is 5.57. The van der Waals surface area contributed by atoms with Crippen molar-refractivity contribution in [3.05, 3.63) is 64.2 Å². The van der Waals surface area contributed by atoms with Crippen LogP contribution in [0.25, 0.3) is 0 Å². The number of hydrogen-bond acceptors (Lipinski definition) is 2. The number of pyridine rings is 1. The minimum atomic E-state index is -0.666. The average molecular weight is 292 g/mol. The number of benzene rings is 1. The molecular weight excluding hydrogens is 277 g/mol. The summed E-state index contributed by atoms with van der Waals surface area (Å²) in [4.78, 5) is 4.36. The fourth-order valence-corrected chi connectivity index (χ4v) is 3.14. The maximum absolute atomic E-state index is 13.8. The molecule has 0 saturated carbocycles. The lowest BCUT2D eigenvalue weighted by Gasteiger charge is -2.19. The fraction of sp³-hybridized carbons (Fsp3) is 0.312. The van der Waals surface area contributed by atoms with Crippen molar-refractivity contribution in [1.29, 1.82) is 0 Å². The van der Waals surface area contributed by atoms with E-state index in [2.05, 4.69) is 4.98 Å². The average Bonchev–Trinajstić information content (AvgIpc) is 2.87. The minimum absolute atomic E-state index is 0.0399. The number of fused-ring (bicyclic) bond motifs is 1. The van der Waals surface area contributed by atoms with Crippen molar-refractivity contribution in [3.8, 4) is 0 Å². The maximum Gasteiger partial charge on any atom is 0.127 e. The molecule has 0 aliphatic heterocycles. The van der Waals surface area contributed by atoms with E-state index in [0.717, 1.165) is 18.5 Å². The zero-order valence-electron chi connectivity index (χ0n) is 10.9. The van der Waals surface area contributed by atoms with E-state index in [0.29, 0.717) is 10.6 Å². The van der Waals surface area contributed by atoms with Gasteiger partial charge in [0.15, 0.2) is 0 Å². The van der Waals surface area contributed by atoms with Crippen molar-refractivity contribution in [1.82, 2.24) is 4.98 Å². The molecule has 3 rings (SSSR count). The molecule has 20 heavy (non-hydrogen) atoms. The maximum atomic E-state index is 13.8. The highest BCUT2D eigenvalue weighted by Gasteiger charge is 2.30. The molecule has 1 N–H and O–H groups in total. The van der Waals surface area contributed by atoms with Crippen LogP contribution in [0.1, 0.15) is 29.2 Å². The highest BCUT2D eigenvalue weighted by atomic mass is 35.5. The molecule has 0 bridgehead atoms. The van der Waals surface area contributed by atoms with Crippen molar-refractivity contribution in [2.75, 3.05) is 0 Å². The van der Waals surface area contributed by atoms with Crippen LogP contribution in [0, 0.1) is 5.82 Å². The number of hydrogen-bond donors (Lipinski definition) is 1. The summed E-state index contributed by atoms with van der Waals surface area (Å²) >= 11 is 6.01. The lowest BCUT2D eigenvalue weighted by Crippen LogP contribution is -2.21. The topological polar surface area (TPSA) is 33.1 Å². The van der Waals surface area contributed by atoms with Gasteiger partial charge in [-0.2, -0.15) is 0 Å². The van der Waals surface area contributed by atoms with E-state index in [9.17, 15) is 9.50 Å². The van der Waals surface area contributed by atoms with Crippen molar-refractivity contribution in [2.45, 2.75) is 31.3 Å². The van der Waals surface area contributed by atoms with Crippen LogP contribution in [0.4, 0.5) is 4.39 Å². The molecule has 104 valence electrons. The van der Waals surface area contributed by atoms with Crippen LogP contribution in [0.2, 0.25) is 5.02 Å². The Morgan fingerprint density at radius 3 is 3.00 bits per heavy atom. The number of rotatable bonds is 3. The quantitative estimate of drug-likeness (QED) is 0.939. The van der Waals surface area contributed by atoms with Crippen LogP contribution in [0.15, 0.2) is 36.5 Å². The zero-order valence-corrected chi connectivity index (χ0v) is 11.6. The van der Waals surface area contributed by atoms with Gasteiger partial charge in [-0.05, 0) is 36.6 Å². The molecule has 0 spiro atoms. The van der Waals surface area contributed by atoms with Gasteiger partial charge in [0, 0.05) is 34.8 Å².